The Morgan fingerprint density at radius 2 is 1.42 bits per heavy atom. The number of unbranched alkanes of at least 4 members (excludes halogenated alkanes) is 11. The summed E-state index contributed by atoms with van der Waals surface area (Å²) in [6.07, 6.45) is 20.7. The minimum Gasteiger partial charge on any atom is -0.457 e. The molecule has 1 N–H and O–H groups in total. The molecule has 4 heteroatoms. The Labute approximate surface area is 161 Å². The van der Waals surface area contributed by atoms with Crippen LogP contribution in [0.1, 0.15) is 96.8 Å². The first-order valence-electron chi connectivity index (χ1n) is 10.7. The third-order valence-electron chi connectivity index (χ3n) is 4.50. The molecule has 0 aliphatic heterocycles. The van der Waals surface area contributed by atoms with E-state index in [-0.39, 0.29) is 19.2 Å². The Hall–Kier alpha value is -0.870. The zero-order chi connectivity index (χ0) is 19.3. The fourth-order valence-corrected chi connectivity index (χ4v) is 2.89. The Morgan fingerprint density at radius 3 is 1.96 bits per heavy atom. The second-order valence-corrected chi connectivity index (χ2v) is 7.08. The zero-order valence-electron chi connectivity index (χ0n) is 17.2. The van der Waals surface area contributed by atoms with Crippen molar-refractivity contribution in [2.45, 2.75) is 103 Å². The van der Waals surface area contributed by atoms with E-state index in [2.05, 4.69) is 19.1 Å². The van der Waals surface area contributed by atoms with Gasteiger partial charge >= 0.3 is 5.97 Å². The average molecular weight is 371 g/mol. The SMILES string of the molecule is CCCCCCCC/C=C\CCCCCCCC(=O)OC(CO)COC. The predicted molar refractivity (Wildman–Crippen MR) is 108 cm³/mol. The topological polar surface area (TPSA) is 55.8 Å². The van der Waals surface area contributed by atoms with Crippen LogP contribution in [-0.4, -0.2) is 37.5 Å². The summed E-state index contributed by atoms with van der Waals surface area (Å²) in [7, 11) is 1.53. The van der Waals surface area contributed by atoms with Crippen molar-refractivity contribution in [1.82, 2.24) is 0 Å². The maximum Gasteiger partial charge on any atom is 0.306 e. The van der Waals surface area contributed by atoms with Crippen LogP contribution in [0.15, 0.2) is 12.2 Å². The van der Waals surface area contributed by atoms with Crippen LogP contribution in [0.25, 0.3) is 0 Å². The predicted octanol–water partition coefficient (Wildman–Crippen LogP) is 5.57. The average Bonchev–Trinajstić information content (AvgIpc) is 2.64. The van der Waals surface area contributed by atoms with Crippen LogP contribution in [-0.2, 0) is 14.3 Å². The van der Waals surface area contributed by atoms with Crippen molar-refractivity contribution in [2.24, 2.45) is 0 Å². The van der Waals surface area contributed by atoms with Crippen LogP contribution < -0.4 is 0 Å². The smallest absolute Gasteiger partial charge is 0.306 e. The molecule has 1 unspecified atom stereocenters. The molecule has 1 atom stereocenters. The van der Waals surface area contributed by atoms with Gasteiger partial charge in [-0.2, -0.15) is 0 Å². The fourth-order valence-electron chi connectivity index (χ4n) is 2.89. The van der Waals surface area contributed by atoms with E-state index in [4.69, 9.17) is 14.6 Å². The Morgan fingerprint density at radius 1 is 0.885 bits per heavy atom. The van der Waals surface area contributed by atoms with Gasteiger partial charge in [0.2, 0.25) is 0 Å². The molecule has 0 fully saturated rings. The van der Waals surface area contributed by atoms with Gasteiger partial charge in [-0.05, 0) is 32.1 Å². The van der Waals surface area contributed by atoms with E-state index < -0.39 is 6.10 Å². The number of rotatable bonds is 19. The molecule has 0 radical (unpaired) electrons. The van der Waals surface area contributed by atoms with E-state index in [0.29, 0.717) is 6.42 Å². The zero-order valence-corrected chi connectivity index (χ0v) is 17.2. The number of ether oxygens (including phenoxy) is 2. The molecule has 0 saturated carbocycles. The molecule has 0 aromatic rings. The highest BCUT2D eigenvalue weighted by molar-refractivity contribution is 5.69. The maximum absolute atomic E-state index is 11.6. The molecular weight excluding hydrogens is 328 g/mol. The second kappa shape index (κ2) is 20.4. The molecule has 0 aliphatic carbocycles. The van der Waals surface area contributed by atoms with Gasteiger partial charge in [0.25, 0.3) is 0 Å². The van der Waals surface area contributed by atoms with E-state index in [1.165, 1.54) is 77.7 Å². The molecule has 0 amide bonds. The van der Waals surface area contributed by atoms with Gasteiger partial charge in [-0.1, -0.05) is 70.4 Å². The van der Waals surface area contributed by atoms with Crippen molar-refractivity contribution in [3.8, 4) is 0 Å². The van der Waals surface area contributed by atoms with Crippen LogP contribution in [0, 0.1) is 0 Å². The van der Waals surface area contributed by atoms with Crippen LogP contribution in [0.5, 0.6) is 0 Å². The number of allylic oxidation sites excluding steroid dienone is 2. The first kappa shape index (κ1) is 25.1. The van der Waals surface area contributed by atoms with Crippen molar-refractivity contribution >= 4 is 5.97 Å². The summed E-state index contributed by atoms with van der Waals surface area (Å²) in [6.45, 7) is 2.31. The van der Waals surface area contributed by atoms with Crippen molar-refractivity contribution in [1.29, 1.82) is 0 Å². The molecule has 0 saturated heterocycles. The van der Waals surface area contributed by atoms with Crippen LogP contribution in [0.4, 0.5) is 0 Å². The van der Waals surface area contributed by atoms with Gasteiger partial charge in [-0.25, -0.2) is 0 Å². The number of hydrogen-bond donors (Lipinski definition) is 1. The van der Waals surface area contributed by atoms with Crippen molar-refractivity contribution in [2.75, 3.05) is 20.3 Å². The van der Waals surface area contributed by atoms with Gasteiger partial charge < -0.3 is 14.6 Å². The molecule has 0 heterocycles. The number of aliphatic hydroxyl groups is 1. The largest absolute Gasteiger partial charge is 0.457 e. The van der Waals surface area contributed by atoms with Gasteiger partial charge in [0.1, 0.15) is 6.10 Å². The third kappa shape index (κ3) is 17.9. The number of esters is 1. The lowest BCUT2D eigenvalue weighted by molar-refractivity contribution is -0.154. The van der Waals surface area contributed by atoms with Crippen LogP contribution in [0.3, 0.4) is 0 Å². The molecule has 0 rings (SSSR count). The van der Waals surface area contributed by atoms with Crippen LogP contribution >= 0.6 is 0 Å². The molecule has 4 nitrogen and oxygen atoms in total. The van der Waals surface area contributed by atoms with Crippen molar-refractivity contribution in [3.63, 3.8) is 0 Å². The molecule has 26 heavy (non-hydrogen) atoms. The molecule has 0 aliphatic rings. The summed E-state index contributed by atoms with van der Waals surface area (Å²) >= 11 is 0. The molecule has 0 bridgehead atoms. The molecular formula is C22H42O4. The van der Waals surface area contributed by atoms with Gasteiger partial charge in [0, 0.05) is 13.5 Å². The number of hydrogen-bond acceptors (Lipinski definition) is 4. The van der Waals surface area contributed by atoms with E-state index in [1.54, 1.807) is 0 Å². The van der Waals surface area contributed by atoms with Gasteiger partial charge in [0.15, 0.2) is 0 Å². The summed E-state index contributed by atoms with van der Waals surface area (Å²) in [5.74, 6) is -0.237. The highest BCUT2D eigenvalue weighted by Crippen LogP contribution is 2.10. The van der Waals surface area contributed by atoms with Crippen LogP contribution in [0.2, 0.25) is 0 Å². The molecule has 0 spiro atoms. The normalized spacial score (nSPS) is 12.6. The molecule has 0 aromatic carbocycles. The summed E-state index contributed by atoms with van der Waals surface area (Å²) in [5, 5.41) is 9.05. The molecule has 154 valence electrons. The minimum absolute atomic E-state index is 0.189. The van der Waals surface area contributed by atoms with E-state index in [9.17, 15) is 4.79 Å². The number of carbonyl (C=O) groups is 1. The highest BCUT2D eigenvalue weighted by Gasteiger charge is 2.12. The molecule has 0 aromatic heterocycles. The summed E-state index contributed by atoms with van der Waals surface area (Å²) in [4.78, 5) is 11.6. The number of aliphatic hydroxyl groups excluding tert-OH is 1. The monoisotopic (exact) mass is 370 g/mol. The lowest BCUT2D eigenvalue weighted by Gasteiger charge is -2.14. The Balaban J connectivity index is 3.32. The standard InChI is InChI=1S/C22H42O4/c1-3-4-5-6-7-8-9-10-11-12-13-14-15-16-17-18-22(24)26-21(19-23)20-25-2/h10-11,21,23H,3-9,12-20H2,1-2H3/b11-10-. The quantitative estimate of drug-likeness (QED) is 0.183. The minimum atomic E-state index is -0.532. The first-order chi connectivity index (χ1) is 12.7. The maximum atomic E-state index is 11.6. The Kier molecular flexibility index (Phi) is 19.8. The lowest BCUT2D eigenvalue weighted by atomic mass is 10.1. The van der Waals surface area contributed by atoms with E-state index >= 15 is 0 Å². The van der Waals surface area contributed by atoms with E-state index in [1.807, 2.05) is 0 Å². The van der Waals surface area contributed by atoms with Gasteiger partial charge in [-0.15, -0.1) is 0 Å². The number of carbonyl (C=O) groups excluding carboxylic acids is 1. The summed E-state index contributed by atoms with van der Waals surface area (Å²) in [6, 6.07) is 0. The van der Waals surface area contributed by atoms with E-state index in [0.717, 1.165) is 12.8 Å². The fraction of sp³-hybridized carbons (Fsp3) is 0.864. The summed E-state index contributed by atoms with van der Waals surface area (Å²) < 4.78 is 10.0. The Bertz CT molecular complexity index is 328. The first-order valence-corrected chi connectivity index (χ1v) is 10.7. The third-order valence-corrected chi connectivity index (χ3v) is 4.50. The second-order valence-electron chi connectivity index (χ2n) is 7.08. The van der Waals surface area contributed by atoms with Crippen molar-refractivity contribution < 1.29 is 19.4 Å². The summed E-state index contributed by atoms with van der Waals surface area (Å²) in [5.41, 5.74) is 0. The lowest BCUT2D eigenvalue weighted by Crippen LogP contribution is -2.26. The van der Waals surface area contributed by atoms with Gasteiger partial charge in [0.05, 0.1) is 13.2 Å². The number of methoxy groups -OCH3 is 1. The van der Waals surface area contributed by atoms with Crippen molar-refractivity contribution in [3.05, 3.63) is 12.2 Å². The highest BCUT2D eigenvalue weighted by atomic mass is 16.6. The van der Waals surface area contributed by atoms with Gasteiger partial charge in [-0.3, -0.25) is 4.79 Å².